The summed E-state index contributed by atoms with van der Waals surface area (Å²) in [6, 6.07) is 0.735. The van der Waals surface area contributed by atoms with E-state index in [1.807, 2.05) is 0 Å². The van der Waals surface area contributed by atoms with Crippen molar-refractivity contribution in [2.75, 3.05) is 19.6 Å². The molecule has 2 unspecified atom stereocenters. The maximum absolute atomic E-state index is 3.61. The average Bonchev–Trinajstić information content (AvgIpc) is 2.21. The molecule has 0 radical (unpaired) electrons. The average molecular weight is 226 g/mol. The molecule has 0 amide bonds. The van der Waals surface area contributed by atoms with Gasteiger partial charge in [0.2, 0.25) is 0 Å². The zero-order valence-electron chi connectivity index (χ0n) is 11.8. The maximum Gasteiger partial charge on any atom is 0.0153 e. The van der Waals surface area contributed by atoms with Crippen molar-refractivity contribution >= 4 is 0 Å². The molecular weight excluding hydrogens is 196 g/mol. The topological polar surface area (TPSA) is 15.3 Å². The Morgan fingerprint density at radius 3 is 2.50 bits per heavy atom. The SMILES string of the molecule is CCCC(C)(C)N1CCC(NCC)C(C)C1. The molecule has 1 heterocycles. The van der Waals surface area contributed by atoms with E-state index in [4.69, 9.17) is 0 Å². The Morgan fingerprint density at radius 1 is 1.31 bits per heavy atom. The van der Waals surface area contributed by atoms with Gasteiger partial charge in [0, 0.05) is 24.7 Å². The number of nitrogens with one attached hydrogen (secondary N) is 1. The van der Waals surface area contributed by atoms with Crippen LogP contribution >= 0.6 is 0 Å². The summed E-state index contributed by atoms with van der Waals surface area (Å²) in [7, 11) is 0. The molecule has 0 aliphatic carbocycles. The van der Waals surface area contributed by atoms with Crippen LogP contribution in [0.1, 0.15) is 53.9 Å². The highest BCUT2D eigenvalue weighted by atomic mass is 15.2. The lowest BCUT2D eigenvalue weighted by Gasteiger charge is -2.46. The van der Waals surface area contributed by atoms with Gasteiger partial charge in [-0.25, -0.2) is 0 Å². The molecular formula is C14H30N2. The lowest BCUT2D eigenvalue weighted by atomic mass is 9.88. The van der Waals surface area contributed by atoms with Crippen molar-refractivity contribution in [3.8, 4) is 0 Å². The fraction of sp³-hybridized carbons (Fsp3) is 1.00. The lowest BCUT2D eigenvalue weighted by Crippen LogP contribution is -2.55. The van der Waals surface area contributed by atoms with Gasteiger partial charge >= 0.3 is 0 Å². The normalized spacial score (nSPS) is 28.3. The first-order valence-corrected chi connectivity index (χ1v) is 6.99. The first kappa shape index (κ1) is 14.0. The summed E-state index contributed by atoms with van der Waals surface area (Å²) in [5.41, 5.74) is 0.389. The standard InChI is InChI=1S/C14H30N2/c1-6-9-14(4,5)16-10-8-13(15-7-2)12(3)11-16/h12-13,15H,6-11H2,1-5H3. The van der Waals surface area contributed by atoms with E-state index in [1.165, 1.54) is 32.4 Å². The summed E-state index contributed by atoms with van der Waals surface area (Å²) in [5, 5.41) is 3.61. The summed E-state index contributed by atoms with van der Waals surface area (Å²) in [6.07, 6.45) is 3.91. The van der Waals surface area contributed by atoms with Gasteiger partial charge in [-0.2, -0.15) is 0 Å². The highest BCUT2D eigenvalue weighted by Gasteiger charge is 2.33. The number of piperidine rings is 1. The zero-order chi connectivity index (χ0) is 12.2. The van der Waals surface area contributed by atoms with Crippen LogP contribution < -0.4 is 5.32 Å². The Bertz CT molecular complexity index is 201. The minimum atomic E-state index is 0.389. The van der Waals surface area contributed by atoms with Crippen molar-refractivity contribution < 1.29 is 0 Å². The van der Waals surface area contributed by atoms with Gasteiger partial charge in [-0.1, -0.05) is 27.2 Å². The first-order valence-electron chi connectivity index (χ1n) is 6.99. The molecule has 1 saturated heterocycles. The van der Waals surface area contributed by atoms with Crippen molar-refractivity contribution in [2.45, 2.75) is 65.5 Å². The predicted octanol–water partition coefficient (Wildman–Crippen LogP) is 2.89. The van der Waals surface area contributed by atoms with E-state index in [0.29, 0.717) is 5.54 Å². The fourth-order valence-corrected chi connectivity index (χ4v) is 3.03. The molecule has 2 heteroatoms. The fourth-order valence-electron chi connectivity index (χ4n) is 3.03. The summed E-state index contributed by atoms with van der Waals surface area (Å²) < 4.78 is 0. The highest BCUT2D eigenvalue weighted by Crippen LogP contribution is 2.27. The van der Waals surface area contributed by atoms with Crippen LogP contribution in [0, 0.1) is 5.92 Å². The molecule has 2 nitrogen and oxygen atoms in total. The smallest absolute Gasteiger partial charge is 0.0153 e. The number of likely N-dealkylation sites (tertiary alicyclic amines) is 1. The summed E-state index contributed by atoms with van der Waals surface area (Å²) in [6.45, 7) is 15.3. The molecule has 0 bridgehead atoms. The molecule has 0 aromatic heterocycles. The number of hydrogen-bond acceptors (Lipinski definition) is 2. The highest BCUT2D eigenvalue weighted by molar-refractivity contribution is 4.89. The van der Waals surface area contributed by atoms with Crippen molar-refractivity contribution in [3.63, 3.8) is 0 Å². The first-order chi connectivity index (χ1) is 7.51. The van der Waals surface area contributed by atoms with Gasteiger partial charge in [-0.15, -0.1) is 0 Å². The van der Waals surface area contributed by atoms with Crippen LogP contribution in [0.5, 0.6) is 0 Å². The van der Waals surface area contributed by atoms with Crippen LogP contribution in [0.3, 0.4) is 0 Å². The molecule has 96 valence electrons. The van der Waals surface area contributed by atoms with Crippen LogP contribution in [-0.4, -0.2) is 36.1 Å². The minimum Gasteiger partial charge on any atom is -0.314 e. The Labute approximate surface area is 102 Å². The van der Waals surface area contributed by atoms with E-state index < -0.39 is 0 Å². The second kappa shape index (κ2) is 6.02. The number of rotatable bonds is 5. The summed E-state index contributed by atoms with van der Waals surface area (Å²) in [5.74, 6) is 0.782. The van der Waals surface area contributed by atoms with Gasteiger partial charge < -0.3 is 5.32 Å². The molecule has 1 aliphatic heterocycles. The van der Waals surface area contributed by atoms with E-state index >= 15 is 0 Å². The third-order valence-corrected chi connectivity index (χ3v) is 4.09. The molecule has 0 aromatic rings. The summed E-state index contributed by atoms with van der Waals surface area (Å²) in [4.78, 5) is 2.69. The second-order valence-corrected chi connectivity index (χ2v) is 5.94. The van der Waals surface area contributed by atoms with Gasteiger partial charge in [-0.05, 0) is 39.2 Å². The molecule has 1 fully saturated rings. The Kier molecular flexibility index (Phi) is 5.26. The molecule has 1 aliphatic rings. The van der Waals surface area contributed by atoms with Crippen LogP contribution in [0.25, 0.3) is 0 Å². The number of nitrogens with zero attached hydrogens (tertiary/aromatic N) is 1. The number of hydrogen-bond donors (Lipinski definition) is 1. The Balaban J connectivity index is 2.50. The predicted molar refractivity (Wildman–Crippen MR) is 71.8 cm³/mol. The lowest BCUT2D eigenvalue weighted by molar-refractivity contribution is 0.0488. The largest absolute Gasteiger partial charge is 0.314 e. The Hall–Kier alpha value is -0.0800. The van der Waals surface area contributed by atoms with E-state index in [9.17, 15) is 0 Å². The molecule has 1 N–H and O–H groups in total. The van der Waals surface area contributed by atoms with Gasteiger partial charge in [0.25, 0.3) is 0 Å². The monoisotopic (exact) mass is 226 g/mol. The third kappa shape index (κ3) is 3.46. The summed E-state index contributed by atoms with van der Waals surface area (Å²) >= 11 is 0. The molecule has 2 atom stereocenters. The zero-order valence-corrected chi connectivity index (χ0v) is 11.8. The van der Waals surface area contributed by atoms with Crippen LogP contribution in [0.4, 0.5) is 0 Å². The quantitative estimate of drug-likeness (QED) is 0.775. The minimum absolute atomic E-state index is 0.389. The van der Waals surface area contributed by atoms with Gasteiger partial charge in [0.05, 0.1) is 0 Å². The van der Waals surface area contributed by atoms with Crippen LogP contribution in [-0.2, 0) is 0 Å². The molecule has 16 heavy (non-hydrogen) atoms. The molecule has 0 aromatic carbocycles. The van der Waals surface area contributed by atoms with Crippen molar-refractivity contribution in [1.29, 1.82) is 0 Å². The van der Waals surface area contributed by atoms with E-state index in [0.717, 1.165) is 18.5 Å². The maximum atomic E-state index is 3.61. The van der Waals surface area contributed by atoms with Gasteiger partial charge in [0.15, 0.2) is 0 Å². The Morgan fingerprint density at radius 2 is 2.00 bits per heavy atom. The van der Waals surface area contributed by atoms with E-state index in [-0.39, 0.29) is 0 Å². The molecule has 0 spiro atoms. The van der Waals surface area contributed by atoms with Crippen molar-refractivity contribution in [2.24, 2.45) is 5.92 Å². The third-order valence-electron chi connectivity index (χ3n) is 4.09. The molecule has 1 rings (SSSR count). The van der Waals surface area contributed by atoms with Crippen molar-refractivity contribution in [3.05, 3.63) is 0 Å². The van der Waals surface area contributed by atoms with E-state index in [2.05, 4.69) is 44.8 Å². The van der Waals surface area contributed by atoms with Crippen molar-refractivity contribution in [1.82, 2.24) is 10.2 Å². The van der Waals surface area contributed by atoms with Crippen LogP contribution in [0.15, 0.2) is 0 Å². The van der Waals surface area contributed by atoms with Gasteiger partial charge in [-0.3, -0.25) is 4.90 Å². The van der Waals surface area contributed by atoms with E-state index in [1.54, 1.807) is 0 Å². The molecule has 0 saturated carbocycles. The second-order valence-electron chi connectivity index (χ2n) is 5.94. The van der Waals surface area contributed by atoms with Crippen LogP contribution in [0.2, 0.25) is 0 Å². The van der Waals surface area contributed by atoms with Gasteiger partial charge in [0.1, 0.15) is 0 Å².